The van der Waals surface area contributed by atoms with Crippen LogP contribution in [0.1, 0.15) is 17.2 Å². The molecule has 0 radical (unpaired) electrons. The molecule has 112 valence electrons. The molecule has 7 heteroatoms. The molecule has 1 atom stereocenters. The molecule has 1 heterocycles. The quantitative estimate of drug-likeness (QED) is 0.928. The molecular formula is C13H16F3NO3. The van der Waals surface area contributed by atoms with Crippen molar-refractivity contribution in [2.45, 2.75) is 12.3 Å². The summed E-state index contributed by atoms with van der Waals surface area (Å²) < 4.78 is 55.0. The Bertz CT molecular complexity index is 471. The van der Waals surface area contributed by atoms with Crippen molar-refractivity contribution in [2.75, 3.05) is 33.9 Å². The largest absolute Gasteiger partial charge is 0.493 e. The molecule has 1 unspecified atom stereocenters. The van der Waals surface area contributed by atoms with Gasteiger partial charge in [-0.1, -0.05) is 0 Å². The minimum atomic E-state index is -4.48. The number of hydrogen-bond acceptors (Lipinski definition) is 4. The van der Waals surface area contributed by atoms with Crippen LogP contribution in [-0.2, 0) is 10.9 Å². The molecule has 1 aliphatic heterocycles. The molecule has 4 nitrogen and oxygen atoms in total. The lowest BCUT2D eigenvalue weighted by molar-refractivity contribution is -0.139. The van der Waals surface area contributed by atoms with E-state index in [0.717, 1.165) is 6.07 Å². The van der Waals surface area contributed by atoms with Gasteiger partial charge in [0.1, 0.15) is 0 Å². The zero-order valence-electron chi connectivity index (χ0n) is 11.2. The van der Waals surface area contributed by atoms with E-state index in [4.69, 9.17) is 14.2 Å². The first-order valence-corrected chi connectivity index (χ1v) is 6.12. The van der Waals surface area contributed by atoms with E-state index in [2.05, 4.69) is 5.32 Å². The molecule has 20 heavy (non-hydrogen) atoms. The molecule has 0 aromatic heterocycles. The van der Waals surface area contributed by atoms with Crippen molar-refractivity contribution >= 4 is 0 Å². The smallest absolute Gasteiger partial charge is 0.416 e. The van der Waals surface area contributed by atoms with Crippen LogP contribution in [0.5, 0.6) is 11.5 Å². The Hall–Kier alpha value is -1.47. The summed E-state index contributed by atoms with van der Waals surface area (Å²) in [4.78, 5) is 0. The van der Waals surface area contributed by atoms with Crippen LogP contribution in [0.2, 0.25) is 0 Å². The highest BCUT2D eigenvalue weighted by Gasteiger charge is 2.37. The van der Waals surface area contributed by atoms with Gasteiger partial charge in [-0.15, -0.1) is 0 Å². The maximum atomic E-state index is 13.2. The first-order valence-electron chi connectivity index (χ1n) is 6.12. The van der Waals surface area contributed by atoms with Crippen molar-refractivity contribution in [3.8, 4) is 11.5 Å². The van der Waals surface area contributed by atoms with Crippen LogP contribution in [0, 0.1) is 0 Å². The number of rotatable bonds is 3. The fourth-order valence-corrected chi connectivity index (χ4v) is 2.17. The third-order valence-corrected chi connectivity index (χ3v) is 3.14. The Morgan fingerprint density at radius 3 is 2.35 bits per heavy atom. The van der Waals surface area contributed by atoms with Crippen molar-refractivity contribution in [2.24, 2.45) is 0 Å². The number of hydrogen-bond donors (Lipinski definition) is 1. The van der Waals surface area contributed by atoms with Crippen LogP contribution in [0.25, 0.3) is 0 Å². The highest BCUT2D eigenvalue weighted by Crippen LogP contribution is 2.42. The number of methoxy groups -OCH3 is 2. The van der Waals surface area contributed by atoms with Crippen molar-refractivity contribution in [1.82, 2.24) is 5.32 Å². The molecular weight excluding hydrogens is 275 g/mol. The van der Waals surface area contributed by atoms with Gasteiger partial charge in [0.05, 0.1) is 32.5 Å². The molecule has 2 rings (SSSR count). The van der Waals surface area contributed by atoms with Crippen molar-refractivity contribution < 1.29 is 27.4 Å². The van der Waals surface area contributed by atoms with Gasteiger partial charge in [0, 0.05) is 13.1 Å². The second-order valence-corrected chi connectivity index (χ2v) is 4.36. The molecule has 1 aromatic rings. The van der Waals surface area contributed by atoms with Crippen LogP contribution in [0.15, 0.2) is 12.1 Å². The van der Waals surface area contributed by atoms with Gasteiger partial charge in [0.2, 0.25) is 0 Å². The van der Waals surface area contributed by atoms with Crippen molar-refractivity contribution in [3.63, 3.8) is 0 Å². The summed E-state index contributed by atoms with van der Waals surface area (Å²) in [5, 5.41) is 3.01. The average Bonchev–Trinajstić information content (AvgIpc) is 2.45. The molecule has 0 amide bonds. The molecule has 1 fully saturated rings. The lowest BCUT2D eigenvalue weighted by Gasteiger charge is -2.27. The van der Waals surface area contributed by atoms with Crippen LogP contribution in [0.3, 0.4) is 0 Å². The van der Waals surface area contributed by atoms with E-state index >= 15 is 0 Å². The van der Waals surface area contributed by atoms with E-state index in [0.29, 0.717) is 19.7 Å². The number of nitrogens with one attached hydrogen (secondary N) is 1. The highest BCUT2D eigenvalue weighted by molar-refractivity contribution is 5.49. The van der Waals surface area contributed by atoms with Gasteiger partial charge in [-0.3, -0.25) is 0 Å². The molecule has 1 aliphatic rings. The molecule has 1 aromatic carbocycles. The highest BCUT2D eigenvalue weighted by atomic mass is 19.4. The first kappa shape index (κ1) is 14.9. The summed E-state index contributed by atoms with van der Waals surface area (Å²) in [6.07, 6.45) is -5.13. The Morgan fingerprint density at radius 1 is 1.20 bits per heavy atom. The monoisotopic (exact) mass is 291 g/mol. The predicted octanol–water partition coefficient (Wildman–Crippen LogP) is 2.38. The van der Waals surface area contributed by atoms with Gasteiger partial charge in [0.25, 0.3) is 0 Å². The van der Waals surface area contributed by atoms with Gasteiger partial charge in [-0.05, 0) is 17.7 Å². The maximum absolute atomic E-state index is 13.2. The summed E-state index contributed by atoms with van der Waals surface area (Å²) >= 11 is 0. The van der Waals surface area contributed by atoms with E-state index in [1.165, 1.54) is 20.3 Å². The van der Waals surface area contributed by atoms with Crippen molar-refractivity contribution in [3.05, 3.63) is 23.3 Å². The van der Waals surface area contributed by atoms with E-state index in [-0.39, 0.29) is 17.1 Å². The molecule has 0 saturated carbocycles. The molecule has 0 spiro atoms. The predicted molar refractivity (Wildman–Crippen MR) is 66.1 cm³/mol. The zero-order valence-corrected chi connectivity index (χ0v) is 11.2. The third-order valence-electron chi connectivity index (χ3n) is 3.14. The Morgan fingerprint density at radius 2 is 1.85 bits per heavy atom. The second kappa shape index (κ2) is 5.88. The summed E-state index contributed by atoms with van der Waals surface area (Å²) in [5.41, 5.74) is -0.703. The number of halogens is 3. The fourth-order valence-electron chi connectivity index (χ4n) is 2.17. The van der Waals surface area contributed by atoms with Crippen LogP contribution in [-0.4, -0.2) is 33.9 Å². The minimum Gasteiger partial charge on any atom is -0.493 e. The summed E-state index contributed by atoms with van der Waals surface area (Å²) in [6, 6.07) is 2.28. The van der Waals surface area contributed by atoms with E-state index in [1.807, 2.05) is 0 Å². The van der Waals surface area contributed by atoms with Crippen molar-refractivity contribution in [1.29, 1.82) is 0 Å². The Balaban J connectivity index is 2.51. The Kier molecular flexibility index (Phi) is 4.39. The molecule has 1 saturated heterocycles. The van der Waals surface area contributed by atoms with Crippen LogP contribution >= 0.6 is 0 Å². The van der Waals surface area contributed by atoms with Gasteiger partial charge in [-0.25, -0.2) is 0 Å². The lowest BCUT2D eigenvalue weighted by Crippen LogP contribution is -2.34. The lowest BCUT2D eigenvalue weighted by atomic mass is 9.99. The van der Waals surface area contributed by atoms with Gasteiger partial charge in [-0.2, -0.15) is 13.2 Å². The first-order chi connectivity index (χ1) is 9.47. The minimum absolute atomic E-state index is 0.0485. The Labute approximate surface area is 114 Å². The van der Waals surface area contributed by atoms with E-state index in [9.17, 15) is 13.2 Å². The third kappa shape index (κ3) is 2.99. The standard InChI is InChI=1S/C13H16F3NO3/c1-18-10-5-8(12-7-17-3-4-20-12)9(13(14,15)16)6-11(10)19-2/h5-6,12,17H,3-4,7H2,1-2H3. The summed E-state index contributed by atoms with van der Waals surface area (Å²) in [7, 11) is 2.69. The number of morpholine rings is 1. The topological polar surface area (TPSA) is 39.7 Å². The molecule has 0 aliphatic carbocycles. The van der Waals surface area contributed by atoms with Gasteiger partial charge >= 0.3 is 6.18 Å². The number of alkyl halides is 3. The van der Waals surface area contributed by atoms with Gasteiger partial charge < -0.3 is 19.5 Å². The average molecular weight is 291 g/mol. The fraction of sp³-hybridized carbons (Fsp3) is 0.538. The van der Waals surface area contributed by atoms with Gasteiger partial charge in [0.15, 0.2) is 11.5 Å². The molecule has 0 bridgehead atoms. The summed E-state index contributed by atoms with van der Waals surface area (Å²) in [6.45, 7) is 1.33. The molecule has 1 N–H and O–H groups in total. The van der Waals surface area contributed by atoms with E-state index < -0.39 is 17.8 Å². The van der Waals surface area contributed by atoms with Crippen LogP contribution in [0.4, 0.5) is 13.2 Å². The SMILES string of the molecule is COc1cc(C2CNCCO2)c(C(F)(F)F)cc1OC. The number of benzene rings is 1. The normalized spacial score (nSPS) is 19.8. The van der Waals surface area contributed by atoms with Crippen LogP contribution < -0.4 is 14.8 Å². The second-order valence-electron chi connectivity index (χ2n) is 4.36. The summed E-state index contributed by atoms with van der Waals surface area (Å²) in [5.74, 6) is 0.303. The van der Waals surface area contributed by atoms with E-state index in [1.54, 1.807) is 0 Å². The number of ether oxygens (including phenoxy) is 3. The maximum Gasteiger partial charge on any atom is 0.416 e. The zero-order chi connectivity index (χ0) is 14.8.